The Balaban J connectivity index is 3.61. The fraction of sp³-hybridized carbons (Fsp3) is 0.500. The fourth-order valence-corrected chi connectivity index (χ4v) is 1.10. The molecule has 0 heterocycles. The molecule has 0 aliphatic rings. The summed E-state index contributed by atoms with van der Waals surface area (Å²) in [7, 11) is 0. The number of rotatable bonds is 7. The summed E-state index contributed by atoms with van der Waals surface area (Å²) in [5.41, 5.74) is 1.31. The van der Waals surface area contributed by atoms with E-state index in [-0.39, 0.29) is 0 Å². The second-order valence-corrected chi connectivity index (χ2v) is 2.97. The molecule has 0 aliphatic heterocycles. The quantitative estimate of drug-likeness (QED) is 0.300. The SMILES string of the molecule is C=CC/C(C=C)=C\CCCCC. The van der Waals surface area contributed by atoms with E-state index in [1.807, 2.05) is 12.2 Å². The van der Waals surface area contributed by atoms with Gasteiger partial charge < -0.3 is 0 Å². The maximum atomic E-state index is 3.76. The highest BCUT2D eigenvalue weighted by Gasteiger charge is 1.87. The number of unbranched alkanes of at least 4 members (excludes halogenated alkanes) is 3. The summed E-state index contributed by atoms with van der Waals surface area (Å²) in [4.78, 5) is 0. The molecule has 0 bridgehead atoms. The summed E-state index contributed by atoms with van der Waals surface area (Å²) >= 11 is 0. The van der Waals surface area contributed by atoms with Crippen LogP contribution in [0.2, 0.25) is 0 Å². The first kappa shape index (κ1) is 11.2. The van der Waals surface area contributed by atoms with E-state index in [0.29, 0.717) is 0 Å². The number of hydrogen-bond acceptors (Lipinski definition) is 0. The van der Waals surface area contributed by atoms with Gasteiger partial charge in [0.05, 0.1) is 0 Å². The predicted molar refractivity (Wildman–Crippen MR) is 57.2 cm³/mol. The lowest BCUT2D eigenvalue weighted by molar-refractivity contribution is 0.727. The van der Waals surface area contributed by atoms with Gasteiger partial charge in [0.2, 0.25) is 0 Å². The highest BCUT2D eigenvalue weighted by molar-refractivity contribution is 5.18. The third kappa shape index (κ3) is 5.96. The van der Waals surface area contributed by atoms with Gasteiger partial charge in [0, 0.05) is 0 Å². The molecule has 0 nitrogen and oxygen atoms in total. The average Bonchev–Trinajstić information content (AvgIpc) is 2.10. The Labute approximate surface area is 76.7 Å². The van der Waals surface area contributed by atoms with Crippen LogP contribution < -0.4 is 0 Å². The zero-order valence-electron chi connectivity index (χ0n) is 8.18. The summed E-state index contributed by atoms with van der Waals surface area (Å²) in [6.07, 6.45) is 12.2. The van der Waals surface area contributed by atoms with Crippen LogP contribution in [0.15, 0.2) is 37.0 Å². The first-order valence-corrected chi connectivity index (χ1v) is 4.77. The summed E-state index contributed by atoms with van der Waals surface area (Å²) in [6, 6.07) is 0. The summed E-state index contributed by atoms with van der Waals surface area (Å²) < 4.78 is 0. The van der Waals surface area contributed by atoms with Crippen LogP contribution in [0.5, 0.6) is 0 Å². The van der Waals surface area contributed by atoms with E-state index in [1.165, 1.54) is 31.3 Å². The van der Waals surface area contributed by atoms with Crippen LogP contribution in [0.3, 0.4) is 0 Å². The Morgan fingerprint density at radius 3 is 2.50 bits per heavy atom. The predicted octanol–water partition coefficient (Wildman–Crippen LogP) is 4.26. The van der Waals surface area contributed by atoms with Gasteiger partial charge in [-0.2, -0.15) is 0 Å². The van der Waals surface area contributed by atoms with E-state index >= 15 is 0 Å². The van der Waals surface area contributed by atoms with Crippen LogP contribution in [0, 0.1) is 0 Å². The molecule has 0 radical (unpaired) electrons. The molecule has 0 atom stereocenters. The molecule has 0 aromatic rings. The molecule has 12 heavy (non-hydrogen) atoms. The van der Waals surface area contributed by atoms with Gasteiger partial charge in [-0.1, -0.05) is 44.6 Å². The van der Waals surface area contributed by atoms with E-state index in [1.54, 1.807) is 0 Å². The second kappa shape index (κ2) is 8.32. The van der Waals surface area contributed by atoms with Crippen molar-refractivity contribution in [2.45, 2.75) is 39.0 Å². The highest BCUT2D eigenvalue weighted by atomic mass is 13.9. The Morgan fingerprint density at radius 2 is 2.00 bits per heavy atom. The minimum Gasteiger partial charge on any atom is -0.103 e. The first-order chi connectivity index (χ1) is 5.85. The zero-order valence-corrected chi connectivity index (χ0v) is 8.18. The zero-order chi connectivity index (χ0) is 9.23. The molecule has 0 aliphatic carbocycles. The largest absolute Gasteiger partial charge is 0.103 e. The van der Waals surface area contributed by atoms with E-state index in [9.17, 15) is 0 Å². The molecule has 0 heteroatoms. The highest BCUT2D eigenvalue weighted by Crippen LogP contribution is 2.07. The Kier molecular flexibility index (Phi) is 7.78. The molecule has 0 rings (SSSR count). The van der Waals surface area contributed by atoms with Gasteiger partial charge in [-0.15, -0.1) is 6.58 Å². The van der Waals surface area contributed by atoms with Crippen LogP contribution in [-0.2, 0) is 0 Å². The minimum absolute atomic E-state index is 0.954. The molecule has 0 unspecified atom stereocenters. The fourth-order valence-electron chi connectivity index (χ4n) is 1.10. The van der Waals surface area contributed by atoms with Gasteiger partial charge >= 0.3 is 0 Å². The number of allylic oxidation sites excluding steroid dienone is 4. The summed E-state index contributed by atoms with van der Waals surface area (Å²) in [5, 5.41) is 0. The van der Waals surface area contributed by atoms with Gasteiger partial charge in [-0.25, -0.2) is 0 Å². The standard InChI is InChI=1S/C12H20/c1-4-7-8-9-11-12(6-3)10-5-2/h5-6,11H,2-4,7-10H2,1H3/b12-11-. The van der Waals surface area contributed by atoms with Crippen molar-refractivity contribution in [1.82, 2.24) is 0 Å². The van der Waals surface area contributed by atoms with Crippen molar-refractivity contribution >= 4 is 0 Å². The smallest absolute Gasteiger partial charge is 0.0104 e. The van der Waals surface area contributed by atoms with Crippen LogP contribution in [0.4, 0.5) is 0 Å². The normalized spacial score (nSPS) is 11.2. The second-order valence-electron chi connectivity index (χ2n) is 2.97. The molecule has 0 N–H and O–H groups in total. The third-order valence-electron chi connectivity index (χ3n) is 1.86. The van der Waals surface area contributed by atoms with Crippen molar-refractivity contribution < 1.29 is 0 Å². The van der Waals surface area contributed by atoms with Gasteiger partial charge in [0.1, 0.15) is 0 Å². The van der Waals surface area contributed by atoms with Gasteiger partial charge in [-0.05, 0) is 24.8 Å². The van der Waals surface area contributed by atoms with E-state index in [0.717, 1.165) is 6.42 Å². The van der Waals surface area contributed by atoms with Crippen molar-refractivity contribution in [2.75, 3.05) is 0 Å². The summed E-state index contributed by atoms with van der Waals surface area (Å²) in [6.45, 7) is 9.69. The monoisotopic (exact) mass is 164 g/mol. The van der Waals surface area contributed by atoms with E-state index in [2.05, 4.69) is 26.2 Å². The van der Waals surface area contributed by atoms with Crippen LogP contribution in [0.1, 0.15) is 39.0 Å². The maximum absolute atomic E-state index is 3.76. The molecule has 0 aromatic heterocycles. The first-order valence-electron chi connectivity index (χ1n) is 4.77. The summed E-state index contributed by atoms with van der Waals surface area (Å²) in [5.74, 6) is 0. The molecule has 0 fully saturated rings. The molecule has 0 saturated heterocycles. The Morgan fingerprint density at radius 1 is 1.25 bits per heavy atom. The molecule has 68 valence electrons. The van der Waals surface area contributed by atoms with Crippen molar-refractivity contribution in [2.24, 2.45) is 0 Å². The molecule has 0 aromatic carbocycles. The minimum atomic E-state index is 0.954. The maximum Gasteiger partial charge on any atom is -0.0104 e. The molecular formula is C12H20. The molecule has 0 saturated carbocycles. The van der Waals surface area contributed by atoms with Crippen LogP contribution in [-0.4, -0.2) is 0 Å². The lowest BCUT2D eigenvalue weighted by Crippen LogP contribution is -1.77. The molecule has 0 amide bonds. The van der Waals surface area contributed by atoms with Gasteiger partial charge in [0.25, 0.3) is 0 Å². The van der Waals surface area contributed by atoms with Crippen LogP contribution in [0.25, 0.3) is 0 Å². The molecule has 0 spiro atoms. The van der Waals surface area contributed by atoms with Crippen molar-refractivity contribution in [3.8, 4) is 0 Å². The van der Waals surface area contributed by atoms with Crippen molar-refractivity contribution in [3.05, 3.63) is 37.0 Å². The molecular weight excluding hydrogens is 144 g/mol. The Bertz CT molecular complexity index is 151. The topological polar surface area (TPSA) is 0 Å². The van der Waals surface area contributed by atoms with E-state index in [4.69, 9.17) is 0 Å². The van der Waals surface area contributed by atoms with Crippen molar-refractivity contribution in [3.63, 3.8) is 0 Å². The van der Waals surface area contributed by atoms with Gasteiger partial charge in [-0.3, -0.25) is 0 Å². The lowest BCUT2D eigenvalue weighted by Gasteiger charge is -1.97. The lowest BCUT2D eigenvalue weighted by atomic mass is 10.1. The number of hydrogen-bond donors (Lipinski definition) is 0. The van der Waals surface area contributed by atoms with Crippen molar-refractivity contribution in [1.29, 1.82) is 0 Å². The average molecular weight is 164 g/mol. The van der Waals surface area contributed by atoms with E-state index < -0.39 is 0 Å². The third-order valence-corrected chi connectivity index (χ3v) is 1.86. The van der Waals surface area contributed by atoms with Crippen LogP contribution >= 0.6 is 0 Å². The Hall–Kier alpha value is -0.780. The van der Waals surface area contributed by atoms with Gasteiger partial charge in [0.15, 0.2) is 0 Å².